The van der Waals surface area contributed by atoms with E-state index in [9.17, 15) is 4.79 Å². The quantitative estimate of drug-likeness (QED) is 0.661. The molecule has 6 heteroatoms. The Kier molecular flexibility index (Phi) is 5.63. The summed E-state index contributed by atoms with van der Waals surface area (Å²) < 4.78 is 5.45. The summed E-state index contributed by atoms with van der Waals surface area (Å²) in [7, 11) is 1.64. The maximum atomic E-state index is 13.2. The molecule has 1 aromatic carbocycles. The number of hydrogen-bond donors (Lipinski definition) is 0. The lowest BCUT2D eigenvalue weighted by Crippen LogP contribution is -2.30. The molecule has 0 atom stereocenters. The first-order valence-corrected chi connectivity index (χ1v) is 9.14. The first-order chi connectivity index (χ1) is 12.6. The van der Waals surface area contributed by atoms with Gasteiger partial charge >= 0.3 is 0 Å². The predicted molar refractivity (Wildman–Crippen MR) is 102 cm³/mol. The summed E-state index contributed by atoms with van der Waals surface area (Å²) in [5, 5.41) is 0.893. The van der Waals surface area contributed by atoms with E-state index in [0.717, 1.165) is 27.6 Å². The van der Waals surface area contributed by atoms with Gasteiger partial charge in [0.05, 0.1) is 24.4 Å². The highest BCUT2D eigenvalue weighted by molar-refractivity contribution is 7.13. The predicted octanol–water partition coefficient (Wildman–Crippen LogP) is 4.01. The number of carbonyl (C=O) groups is 1. The van der Waals surface area contributed by atoms with E-state index < -0.39 is 0 Å². The Balaban J connectivity index is 1.93. The molecule has 0 spiro atoms. The van der Waals surface area contributed by atoms with Gasteiger partial charge in [0.25, 0.3) is 5.91 Å². The average molecular weight is 367 g/mol. The number of aromatic nitrogens is 2. The monoisotopic (exact) mass is 367 g/mol. The van der Waals surface area contributed by atoms with Crippen LogP contribution in [0.4, 0.5) is 0 Å². The van der Waals surface area contributed by atoms with Crippen molar-refractivity contribution in [1.82, 2.24) is 14.9 Å². The highest BCUT2D eigenvalue weighted by Gasteiger charge is 2.22. The van der Waals surface area contributed by atoms with Crippen LogP contribution in [0.25, 0.3) is 0 Å². The zero-order chi connectivity index (χ0) is 18.5. The van der Waals surface area contributed by atoms with E-state index in [4.69, 9.17) is 4.74 Å². The summed E-state index contributed by atoms with van der Waals surface area (Å²) in [6.45, 7) is 4.72. The molecular formula is C20H21N3O2S. The van der Waals surface area contributed by atoms with Crippen molar-refractivity contribution in [3.05, 3.63) is 75.5 Å². The molecule has 0 N–H and O–H groups in total. The van der Waals surface area contributed by atoms with Crippen LogP contribution in [0.15, 0.2) is 48.8 Å². The Hall–Kier alpha value is -2.73. The number of rotatable bonds is 6. The molecule has 3 rings (SSSR count). The maximum absolute atomic E-state index is 13.2. The Morgan fingerprint density at radius 3 is 2.62 bits per heavy atom. The van der Waals surface area contributed by atoms with E-state index in [1.54, 1.807) is 19.5 Å². The molecule has 0 aliphatic carbocycles. The fourth-order valence-corrected chi connectivity index (χ4v) is 3.71. The molecule has 3 aromatic rings. The topological polar surface area (TPSA) is 55.3 Å². The van der Waals surface area contributed by atoms with Gasteiger partial charge in [-0.1, -0.05) is 24.3 Å². The lowest BCUT2D eigenvalue weighted by Gasteiger charge is -2.23. The lowest BCUT2D eigenvalue weighted by atomic mass is 10.1. The van der Waals surface area contributed by atoms with E-state index in [0.29, 0.717) is 18.0 Å². The van der Waals surface area contributed by atoms with Crippen LogP contribution >= 0.6 is 11.3 Å². The number of benzene rings is 1. The van der Waals surface area contributed by atoms with E-state index >= 15 is 0 Å². The molecule has 1 amide bonds. The van der Waals surface area contributed by atoms with E-state index in [1.165, 1.54) is 11.3 Å². The molecule has 0 fully saturated rings. The molecule has 0 radical (unpaired) electrons. The first-order valence-electron chi connectivity index (χ1n) is 8.32. The standard InChI is InChI=1S/C20H21N3O2S/c1-14-19(26-15(2)22-14)20(24)23(12-16-7-6-10-21-11-16)13-17-8-4-5-9-18(17)25-3/h4-11H,12-13H2,1-3H3. The fraction of sp³-hybridized carbons (Fsp3) is 0.250. The number of aryl methyl sites for hydroxylation is 2. The molecule has 0 aliphatic rings. The van der Waals surface area contributed by atoms with Gasteiger partial charge in [0.2, 0.25) is 0 Å². The normalized spacial score (nSPS) is 10.6. The number of thiazole rings is 1. The van der Waals surface area contributed by atoms with Gasteiger partial charge in [-0.15, -0.1) is 11.3 Å². The van der Waals surface area contributed by atoms with Crippen LogP contribution in [-0.2, 0) is 13.1 Å². The largest absolute Gasteiger partial charge is 0.496 e. The minimum atomic E-state index is -0.0251. The maximum Gasteiger partial charge on any atom is 0.266 e. The molecule has 0 saturated heterocycles. The second kappa shape index (κ2) is 8.10. The van der Waals surface area contributed by atoms with Crippen LogP contribution in [0.3, 0.4) is 0 Å². The number of pyridine rings is 1. The molecule has 134 valence electrons. The van der Waals surface area contributed by atoms with Gasteiger partial charge < -0.3 is 9.64 Å². The highest BCUT2D eigenvalue weighted by atomic mass is 32.1. The van der Waals surface area contributed by atoms with Crippen LogP contribution in [0.1, 0.15) is 31.5 Å². The Bertz CT molecular complexity index is 893. The minimum Gasteiger partial charge on any atom is -0.496 e. The van der Waals surface area contributed by atoms with E-state index in [2.05, 4.69) is 9.97 Å². The molecule has 0 aliphatic heterocycles. The zero-order valence-corrected chi connectivity index (χ0v) is 15.9. The smallest absolute Gasteiger partial charge is 0.266 e. The summed E-state index contributed by atoms with van der Waals surface area (Å²) in [6.07, 6.45) is 3.51. The molecule has 0 bridgehead atoms. The second-order valence-electron chi connectivity index (χ2n) is 5.98. The van der Waals surface area contributed by atoms with Gasteiger partial charge in [-0.3, -0.25) is 9.78 Å². The number of carbonyl (C=O) groups excluding carboxylic acids is 1. The molecule has 0 unspecified atom stereocenters. The lowest BCUT2D eigenvalue weighted by molar-refractivity contribution is 0.0732. The summed E-state index contributed by atoms with van der Waals surface area (Å²) in [6, 6.07) is 11.6. The van der Waals surface area contributed by atoms with Crippen molar-refractivity contribution >= 4 is 17.2 Å². The fourth-order valence-electron chi connectivity index (χ4n) is 2.82. The number of ether oxygens (including phenoxy) is 1. The zero-order valence-electron chi connectivity index (χ0n) is 15.1. The average Bonchev–Trinajstić information content (AvgIpc) is 3.00. The van der Waals surface area contributed by atoms with Crippen molar-refractivity contribution in [1.29, 1.82) is 0 Å². The Morgan fingerprint density at radius 1 is 1.15 bits per heavy atom. The van der Waals surface area contributed by atoms with E-state index in [-0.39, 0.29) is 5.91 Å². The molecule has 2 heterocycles. The molecule has 0 saturated carbocycles. The van der Waals surface area contributed by atoms with Gasteiger partial charge in [0, 0.05) is 24.5 Å². The Morgan fingerprint density at radius 2 is 1.96 bits per heavy atom. The van der Waals surface area contributed by atoms with Gasteiger partial charge in [0.1, 0.15) is 10.6 Å². The van der Waals surface area contributed by atoms with Crippen molar-refractivity contribution in [2.75, 3.05) is 7.11 Å². The summed E-state index contributed by atoms with van der Waals surface area (Å²) in [4.78, 5) is 24.3. The second-order valence-corrected chi connectivity index (χ2v) is 7.18. The summed E-state index contributed by atoms with van der Waals surface area (Å²) in [5.74, 6) is 0.747. The third-order valence-electron chi connectivity index (χ3n) is 4.03. The molecular weight excluding hydrogens is 346 g/mol. The van der Waals surface area contributed by atoms with Crippen LogP contribution in [-0.4, -0.2) is 27.9 Å². The Labute approximate surface area is 157 Å². The van der Waals surface area contributed by atoms with Crippen molar-refractivity contribution in [2.24, 2.45) is 0 Å². The van der Waals surface area contributed by atoms with Gasteiger partial charge in [-0.05, 0) is 31.5 Å². The SMILES string of the molecule is COc1ccccc1CN(Cc1cccnc1)C(=O)c1sc(C)nc1C. The molecule has 2 aromatic heterocycles. The number of nitrogens with zero attached hydrogens (tertiary/aromatic N) is 3. The van der Waals surface area contributed by atoms with Crippen molar-refractivity contribution < 1.29 is 9.53 Å². The van der Waals surface area contributed by atoms with Crippen LogP contribution in [0.2, 0.25) is 0 Å². The van der Waals surface area contributed by atoms with Gasteiger partial charge in [0.15, 0.2) is 0 Å². The van der Waals surface area contributed by atoms with Crippen LogP contribution in [0, 0.1) is 13.8 Å². The number of para-hydroxylation sites is 1. The number of amides is 1. The van der Waals surface area contributed by atoms with Gasteiger partial charge in [-0.25, -0.2) is 4.98 Å². The van der Waals surface area contributed by atoms with E-state index in [1.807, 2.05) is 55.1 Å². The summed E-state index contributed by atoms with van der Waals surface area (Å²) in [5.41, 5.74) is 2.72. The van der Waals surface area contributed by atoms with Crippen LogP contribution in [0.5, 0.6) is 5.75 Å². The third-order valence-corrected chi connectivity index (χ3v) is 5.10. The number of hydrogen-bond acceptors (Lipinski definition) is 5. The highest BCUT2D eigenvalue weighted by Crippen LogP contribution is 2.24. The van der Waals surface area contributed by atoms with Crippen LogP contribution < -0.4 is 4.74 Å². The van der Waals surface area contributed by atoms with Crippen molar-refractivity contribution in [3.63, 3.8) is 0 Å². The van der Waals surface area contributed by atoms with Crippen molar-refractivity contribution in [3.8, 4) is 5.75 Å². The first kappa shape index (κ1) is 18.1. The minimum absolute atomic E-state index is 0.0251. The third kappa shape index (κ3) is 4.08. The van der Waals surface area contributed by atoms with Gasteiger partial charge in [-0.2, -0.15) is 0 Å². The summed E-state index contributed by atoms with van der Waals surface area (Å²) >= 11 is 1.43. The molecule has 5 nitrogen and oxygen atoms in total. The number of methoxy groups -OCH3 is 1. The molecule has 26 heavy (non-hydrogen) atoms. The van der Waals surface area contributed by atoms with Crippen molar-refractivity contribution in [2.45, 2.75) is 26.9 Å².